The summed E-state index contributed by atoms with van der Waals surface area (Å²) in [6, 6.07) is 0. The highest BCUT2D eigenvalue weighted by atomic mass is 32.2. The van der Waals surface area contributed by atoms with Gasteiger partial charge in [-0.15, -0.1) is 0 Å². The normalized spacial score (nSPS) is 28.6. The van der Waals surface area contributed by atoms with E-state index in [1.54, 1.807) is 8.61 Å². The van der Waals surface area contributed by atoms with Gasteiger partial charge in [0.25, 0.3) is 10.2 Å². The Morgan fingerprint density at radius 3 is 2.47 bits per heavy atom. The van der Waals surface area contributed by atoms with Gasteiger partial charge in [-0.2, -0.15) is 17.0 Å². The van der Waals surface area contributed by atoms with Gasteiger partial charge < -0.3 is 5.32 Å². The van der Waals surface area contributed by atoms with E-state index in [0.29, 0.717) is 32.1 Å². The van der Waals surface area contributed by atoms with Crippen molar-refractivity contribution in [3.63, 3.8) is 0 Å². The van der Waals surface area contributed by atoms with Crippen LogP contribution in [0.5, 0.6) is 0 Å². The predicted octanol–water partition coefficient (Wildman–Crippen LogP) is 0.258. The monoisotopic (exact) mass is 261 g/mol. The van der Waals surface area contributed by atoms with Gasteiger partial charge in [0.15, 0.2) is 0 Å². The summed E-state index contributed by atoms with van der Waals surface area (Å²) in [6.07, 6.45) is 4.16. The molecule has 5 nitrogen and oxygen atoms in total. The summed E-state index contributed by atoms with van der Waals surface area (Å²) in [5, 5.41) is 3.13. The van der Waals surface area contributed by atoms with Crippen LogP contribution >= 0.6 is 0 Å². The zero-order chi connectivity index (χ0) is 12.3. The van der Waals surface area contributed by atoms with Crippen molar-refractivity contribution in [1.82, 2.24) is 13.9 Å². The van der Waals surface area contributed by atoms with Crippen molar-refractivity contribution in [2.24, 2.45) is 5.92 Å². The summed E-state index contributed by atoms with van der Waals surface area (Å²) in [6.45, 7) is 3.68. The van der Waals surface area contributed by atoms with Gasteiger partial charge in [0.2, 0.25) is 0 Å². The zero-order valence-electron chi connectivity index (χ0n) is 10.6. The van der Waals surface area contributed by atoms with E-state index in [9.17, 15) is 8.42 Å². The number of rotatable bonds is 4. The van der Waals surface area contributed by atoms with Crippen LogP contribution in [0.25, 0.3) is 0 Å². The molecular weight excluding hydrogens is 238 g/mol. The Morgan fingerprint density at radius 2 is 1.82 bits per heavy atom. The number of hydrogen-bond acceptors (Lipinski definition) is 3. The van der Waals surface area contributed by atoms with Crippen LogP contribution in [-0.2, 0) is 10.2 Å². The highest BCUT2D eigenvalue weighted by molar-refractivity contribution is 7.86. The lowest BCUT2D eigenvalue weighted by Gasteiger charge is -2.30. The highest BCUT2D eigenvalue weighted by Crippen LogP contribution is 2.23. The molecule has 0 aromatic carbocycles. The second kappa shape index (κ2) is 5.65. The molecule has 0 aliphatic carbocycles. The molecule has 17 heavy (non-hydrogen) atoms. The summed E-state index contributed by atoms with van der Waals surface area (Å²) in [7, 11) is -1.26. The number of nitrogens with zero attached hydrogens (tertiary/aromatic N) is 2. The molecule has 0 aromatic rings. The van der Waals surface area contributed by atoms with Crippen LogP contribution in [0.3, 0.4) is 0 Å². The zero-order valence-corrected chi connectivity index (χ0v) is 11.4. The third-order valence-electron chi connectivity index (χ3n) is 3.71. The standard InChI is InChI=1S/C11H23N3O2S/c1-12-9-11-5-8-14(10-11)17(15,16)13-6-3-2-4-7-13/h11-12H,2-10H2,1H3. The first kappa shape index (κ1) is 13.3. The lowest BCUT2D eigenvalue weighted by molar-refractivity contribution is 0.313. The highest BCUT2D eigenvalue weighted by Gasteiger charge is 2.35. The second-order valence-corrected chi connectivity index (χ2v) is 6.97. The summed E-state index contributed by atoms with van der Waals surface area (Å²) in [5.41, 5.74) is 0. The van der Waals surface area contributed by atoms with E-state index in [0.717, 1.165) is 32.2 Å². The van der Waals surface area contributed by atoms with Crippen molar-refractivity contribution in [3.8, 4) is 0 Å². The molecular formula is C11H23N3O2S. The van der Waals surface area contributed by atoms with Crippen molar-refractivity contribution in [2.45, 2.75) is 25.7 Å². The first-order chi connectivity index (χ1) is 8.14. The van der Waals surface area contributed by atoms with Crippen LogP contribution in [0.1, 0.15) is 25.7 Å². The molecule has 0 amide bonds. The maximum Gasteiger partial charge on any atom is 0.281 e. The fraction of sp³-hybridized carbons (Fsp3) is 1.00. The minimum atomic E-state index is -3.17. The molecule has 2 rings (SSSR count). The van der Waals surface area contributed by atoms with E-state index in [2.05, 4.69) is 5.32 Å². The Morgan fingerprint density at radius 1 is 1.12 bits per heavy atom. The Balaban J connectivity index is 1.96. The van der Waals surface area contributed by atoms with Crippen molar-refractivity contribution in [3.05, 3.63) is 0 Å². The van der Waals surface area contributed by atoms with E-state index in [4.69, 9.17) is 0 Å². The molecule has 6 heteroatoms. The third kappa shape index (κ3) is 2.99. The van der Waals surface area contributed by atoms with Crippen LogP contribution in [0, 0.1) is 5.92 Å². The second-order valence-electron chi connectivity index (χ2n) is 5.04. The average Bonchev–Trinajstić information content (AvgIpc) is 2.80. The Labute approximate surface area is 104 Å². The van der Waals surface area contributed by atoms with Crippen LogP contribution in [0.4, 0.5) is 0 Å². The van der Waals surface area contributed by atoms with Crippen LogP contribution in [0.15, 0.2) is 0 Å². The van der Waals surface area contributed by atoms with Gasteiger partial charge in [-0.3, -0.25) is 0 Å². The van der Waals surface area contributed by atoms with Crippen molar-refractivity contribution in [1.29, 1.82) is 0 Å². The van der Waals surface area contributed by atoms with Crippen LogP contribution < -0.4 is 5.32 Å². The molecule has 1 atom stereocenters. The van der Waals surface area contributed by atoms with E-state index in [1.807, 2.05) is 7.05 Å². The topological polar surface area (TPSA) is 52.7 Å². The molecule has 0 saturated carbocycles. The maximum absolute atomic E-state index is 12.4. The molecule has 100 valence electrons. The van der Waals surface area contributed by atoms with Crippen molar-refractivity contribution in [2.75, 3.05) is 39.8 Å². The largest absolute Gasteiger partial charge is 0.319 e. The minimum absolute atomic E-state index is 0.472. The number of hydrogen-bond donors (Lipinski definition) is 1. The third-order valence-corrected chi connectivity index (χ3v) is 5.71. The molecule has 2 fully saturated rings. The lowest BCUT2D eigenvalue weighted by atomic mass is 10.1. The lowest BCUT2D eigenvalue weighted by Crippen LogP contribution is -2.45. The SMILES string of the molecule is CNCC1CCN(S(=O)(=O)N2CCCCC2)C1. The Bertz CT molecular complexity index is 339. The number of piperidine rings is 1. The molecule has 1 unspecified atom stereocenters. The number of nitrogens with one attached hydrogen (secondary N) is 1. The molecule has 1 N–H and O–H groups in total. The molecule has 2 aliphatic rings. The first-order valence-electron chi connectivity index (χ1n) is 6.54. The molecule has 2 aliphatic heterocycles. The molecule has 0 spiro atoms. The fourth-order valence-electron chi connectivity index (χ4n) is 2.72. The Hall–Kier alpha value is -0.170. The van der Waals surface area contributed by atoms with E-state index >= 15 is 0 Å². The molecule has 2 heterocycles. The van der Waals surface area contributed by atoms with Crippen LogP contribution in [-0.4, -0.2) is 56.8 Å². The quantitative estimate of drug-likeness (QED) is 0.790. The van der Waals surface area contributed by atoms with Gasteiger partial charge in [0, 0.05) is 26.2 Å². The van der Waals surface area contributed by atoms with Gasteiger partial charge in [-0.25, -0.2) is 0 Å². The summed E-state index contributed by atoms with van der Waals surface area (Å²) >= 11 is 0. The Kier molecular flexibility index (Phi) is 4.41. The smallest absolute Gasteiger partial charge is 0.281 e. The summed E-state index contributed by atoms with van der Waals surface area (Å²) in [5.74, 6) is 0.472. The van der Waals surface area contributed by atoms with E-state index in [1.165, 1.54) is 0 Å². The molecule has 0 bridgehead atoms. The van der Waals surface area contributed by atoms with Gasteiger partial charge in [-0.05, 0) is 38.8 Å². The maximum atomic E-state index is 12.4. The van der Waals surface area contributed by atoms with Crippen molar-refractivity contribution < 1.29 is 8.42 Å². The van der Waals surface area contributed by atoms with Gasteiger partial charge in [0.05, 0.1) is 0 Å². The fourth-order valence-corrected chi connectivity index (χ4v) is 4.50. The van der Waals surface area contributed by atoms with Gasteiger partial charge in [-0.1, -0.05) is 6.42 Å². The van der Waals surface area contributed by atoms with E-state index < -0.39 is 10.2 Å². The average molecular weight is 261 g/mol. The minimum Gasteiger partial charge on any atom is -0.319 e. The summed E-state index contributed by atoms with van der Waals surface area (Å²) < 4.78 is 28.1. The van der Waals surface area contributed by atoms with Crippen molar-refractivity contribution >= 4 is 10.2 Å². The van der Waals surface area contributed by atoms with Gasteiger partial charge in [0.1, 0.15) is 0 Å². The molecule has 0 aromatic heterocycles. The predicted molar refractivity (Wildman–Crippen MR) is 68.0 cm³/mol. The molecule has 0 radical (unpaired) electrons. The van der Waals surface area contributed by atoms with Gasteiger partial charge >= 0.3 is 0 Å². The van der Waals surface area contributed by atoms with Crippen LogP contribution in [0.2, 0.25) is 0 Å². The van der Waals surface area contributed by atoms with E-state index in [-0.39, 0.29) is 0 Å². The first-order valence-corrected chi connectivity index (χ1v) is 7.94. The summed E-state index contributed by atoms with van der Waals surface area (Å²) in [4.78, 5) is 0. The molecule has 2 saturated heterocycles.